The maximum Gasteiger partial charge on any atom is 0.138 e. The van der Waals surface area contributed by atoms with E-state index in [2.05, 4.69) is 17.2 Å². The number of rotatable bonds is 6. The van der Waals surface area contributed by atoms with Gasteiger partial charge in [0, 0.05) is 11.8 Å². The number of ether oxygens (including phenoxy) is 1. The predicted molar refractivity (Wildman–Crippen MR) is 70.5 cm³/mol. The summed E-state index contributed by atoms with van der Waals surface area (Å²) in [6.45, 7) is 6.33. The van der Waals surface area contributed by atoms with Gasteiger partial charge in [-0.25, -0.2) is 0 Å². The standard InChI is InChI=1S/C14H18N2O2/c1-3-15-9-12-5-6-14(18-12)11-7-13(17-4-2)10-16-8-11/h5-8,10,15H,3-4,9H2,1-2H3. The van der Waals surface area contributed by atoms with Crippen LogP contribution in [0.3, 0.4) is 0 Å². The van der Waals surface area contributed by atoms with Crippen LogP contribution in [0, 0.1) is 0 Å². The summed E-state index contributed by atoms with van der Waals surface area (Å²) in [6, 6.07) is 5.87. The van der Waals surface area contributed by atoms with E-state index in [9.17, 15) is 0 Å². The van der Waals surface area contributed by atoms with E-state index in [4.69, 9.17) is 9.15 Å². The lowest BCUT2D eigenvalue weighted by atomic mass is 10.2. The summed E-state index contributed by atoms with van der Waals surface area (Å²) < 4.78 is 11.2. The Balaban J connectivity index is 2.15. The van der Waals surface area contributed by atoms with Crippen LogP contribution in [0.5, 0.6) is 5.75 Å². The fourth-order valence-corrected chi connectivity index (χ4v) is 1.68. The molecule has 2 rings (SSSR count). The highest BCUT2D eigenvalue weighted by atomic mass is 16.5. The Labute approximate surface area is 107 Å². The molecule has 0 amide bonds. The van der Waals surface area contributed by atoms with Crippen molar-refractivity contribution in [3.63, 3.8) is 0 Å². The van der Waals surface area contributed by atoms with Crippen LogP contribution in [-0.2, 0) is 6.54 Å². The molecule has 2 heterocycles. The molecule has 0 atom stereocenters. The Morgan fingerprint density at radius 3 is 2.94 bits per heavy atom. The van der Waals surface area contributed by atoms with Crippen molar-refractivity contribution >= 4 is 0 Å². The smallest absolute Gasteiger partial charge is 0.138 e. The van der Waals surface area contributed by atoms with Gasteiger partial charge in [0.05, 0.1) is 19.3 Å². The first-order valence-corrected chi connectivity index (χ1v) is 6.21. The second kappa shape index (κ2) is 6.21. The Hall–Kier alpha value is -1.81. The molecule has 2 aromatic heterocycles. The zero-order chi connectivity index (χ0) is 12.8. The highest BCUT2D eigenvalue weighted by molar-refractivity contribution is 5.58. The van der Waals surface area contributed by atoms with Crippen molar-refractivity contribution in [2.24, 2.45) is 0 Å². The Kier molecular flexibility index (Phi) is 4.36. The van der Waals surface area contributed by atoms with Gasteiger partial charge in [-0.05, 0) is 31.7 Å². The van der Waals surface area contributed by atoms with E-state index in [1.54, 1.807) is 12.4 Å². The maximum absolute atomic E-state index is 5.75. The highest BCUT2D eigenvalue weighted by Gasteiger charge is 2.06. The van der Waals surface area contributed by atoms with Crippen LogP contribution in [0.25, 0.3) is 11.3 Å². The van der Waals surface area contributed by atoms with Crippen LogP contribution >= 0.6 is 0 Å². The van der Waals surface area contributed by atoms with Crippen molar-refractivity contribution in [2.75, 3.05) is 13.2 Å². The molecule has 4 nitrogen and oxygen atoms in total. The third-order valence-corrected chi connectivity index (χ3v) is 2.52. The van der Waals surface area contributed by atoms with E-state index in [1.807, 2.05) is 25.1 Å². The molecule has 0 saturated carbocycles. The Bertz CT molecular complexity index is 494. The monoisotopic (exact) mass is 246 g/mol. The van der Waals surface area contributed by atoms with Gasteiger partial charge < -0.3 is 14.5 Å². The fraction of sp³-hybridized carbons (Fsp3) is 0.357. The van der Waals surface area contributed by atoms with E-state index in [1.165, 1.54) is 0 Å². The topological polar surface area (TPSA) is 47.3 Å². The second-order valence-corrected chi connectivity index (χ2v) is 3.89. The van der Waals surface area contributed by atoms with Crippen molar-refractivity contribution in [3.8, 4) is 17.1 Å². The summed E-state index contributed by atoms with van der Waals surface area (Å²) in [5, 5.41) is 3.23. The van der Waals surface area contributed by atoms with E-state index in [-0.39, 0.29) is 0 Å². The molecule has 96 valence electrons. The Morgan fingerprint density at radius 2 is 2.17 bits per heavy atom. The molecule has 1 N–H and O–H groups in total. The van der Waals surface area contributed by atoms with Gasteiger partial charge in [-0.1, -0.05) is 6.92 Å². The van der Waals surface area contributed by atoms with E-state index < -0.39 is 0 Å². The Morgan fingerprint density at radius 1 is 1.28 bits per heavy atom. The lowest BCUT2D eigenvalue weighted by Crippen LogP contribution is -2.10. The van der Waals surface area contributed by atoms with Gasteiger partial charge in [-0.15, -0.1) is 0 Å². The second-order valence-electron chi connectivity index (χ2n) is 3.89. The molecule has 0 aliphatic carbocycles. The molecule has 0 fully saturated rings. The molecule has 0 unspecified atom stereocenters. The minimum absolute atomic E-state index is 0.634. The first-order valence-electron chi connectivity index (χ1n) is 6.21. The number of hydrogen-bond donors (Lipinski definition) is 1. The van der Waals surface area contributed by atoms with Crippen LogP contribution in [0.1, 0.15) is 19.6 Å². The van der Waals surface area contributed by atoms with Crippen LogP contribution in [0.2, 0.25) is 0 Å². The molecule has 0 saturated heterocycles. The number of aromatic nitrogens is 1. The summed E-state index contributed by atoms with van der Waals surface area (Å²) in [6.07, 6.45) is 3.48. The van der Waals surface area contributed by atoms with Crippen molar-refractivity contribution in [2.45, 2.75) is 20.4 Å². The SMILES string of the molecule is CCNCc1ccc(-c2cncc(OCC)c2)o1. The lowest BCUT2D eigenvalue weighted by Gasteiger charge is -2.03. The van der Waals surface area contributed by atoms with E-state index in [0.717, 1.165) is 35.9 Å². The number of nitrogens with zero attached hydrogens (tertiary/aromatic N) is 1. The van der Waals surface area contributed by atoms with Crippen molar-refractivity contribution in [3.05, 3.63) is 36.4 Å². The van der Waals surface area contributed by atoms with E-state index in [0.29, 0.717) is 6.61 Å². The summed E-state index contributed by atoms with van der Waals surface area (Å²) in [5.41, 5.74) is 0.934. The van der Waals surface area contributed by atoms with Crippen LogP contribution in [0.15, 0.2) is 35.0 Å². The summed E-state index contributed by atoms with van der Waals surface area (Å²) in [7, 11) is 0. The quantitative estimate of drug-likeness (QED) is 0.851. The molecule has 0 bridgehead atoms. The lowest BCUT2D eigenvalue weighted by molar-refractivity contribution is 0.339. The molecule has 0 aliphatic heterocycles. The average Bonchev–Trinajstić information content (AvgIpc) is 2.86. The third-order valence-electron chi connectivity index (χ3n) is 2.52. The molecule has 4 heteroatoms. The van der Waals surface area contributed by atoms with Gasteiger partial charge >= 0.3 is 0 Å². The van der Waals surface area contributed by atoms with Gasteiger partial charge in [-0.2, -0.15) is 0 Å². The van der Waals surface area contributed by atoms with Gasteiger partial charge in [0.1, 0.15) is 17.3 Å². The number of hydrogen-bond acceptors (Lipinski definition) is 4. The van der Waals surface area contributed by atoms with Gasteiger partial charge in [-0.3, -0.25) is 4.98 Å². The fourth-order valence-electron chi connectivity index (χ4n) is 1.68. The third kappa shape index (κ3) is 3.11. The van der Waals surface area contributed by atoms with Crippen molar-refractivity contribution in [1.82, 2.24) is 10.3 Å². The zero-order valence-corrected chi connectivity index (χ0v) is 10.8. The minimum atomic E-state index is 0.634. The molecular weight excluding hydrogens is 228 g/mol. The molecule has 18 heavy (non-hydrogen) atoms. The first kappa shape index (κ1) is 12.6. The molecule has 0 aliphatic rings. The zero-order valence-electron chi connectivity index (χ0n) is 10.8. The number of pyridine rings is 1. The summed E-state index contributed by atoms with van der Waals surface area (Å²) >= 11 is 0. The van der Waals surface area contributed by atoms with Crippen LogP contribution in [0.4, 0.5) is 0 Å². The first-order chi connectivity index (χ1) is 8.83. The van der Waals surface area contributed by atoms with Gasteiger partial charge in [0.2, 0.25) is 0 Å². The molecular formula is C14H18N2O2. The van der Waals surface area contributed by atoms with Crippen molar-refractivity contribution in [1.29, 1.82) is 0 Å². The molecule has 0 aromatic carbocycles. The maximum atomic E-state index is 5.75. The van der Waals surface area contributed by atoms with Crippen LogP contribution < -0.4 is 10.1 Å². The van der Waals surface area contributed by atoms with Crippen LogP contribution in [-0.4, -0.2) is 18.1 Å². The molecule has 2 aromatic rings. The molecule has 0 spiro atoms. The average molecular weight is 246 g/mol. The summed E-state index contributed by atoms with van der Waals surface area (Å²) in [4.78, 5) is 4.15. The largest absolute Gasteiger partial charge is 0.492 e. The normalized spacial score (nSPS) is 10.6. The molecule has 0 radical (unpaired) electrons. The summed E-state index contributed by atoms with van der Waals surface area (Å²) in [5.74, 6) is 2.50. The minimum Gasteiger partial charge on any atom is -0.492 e. The van der Waals surface area contributed by atoms with Gasteiger partial charge in [0.25, 0.3) is 0 Å². The highest BCUT2D eigenvalue weighted by Crippen LogP contribution is 2.24. The van der Waals surface area contributed by atoms with Crippen molar-refractivity contribution < 1.29 is 9.15 Å². The van der Waals surface area contributed by atoms with E-state index >= 15 is 0 Å². The van der Waals surface area contributed by atoms with Gasteiger partial charge in [0.15, 0.2) is 0 Å². The predicted octanol–water partition coefficient (Wildman–Crippen LogP) is 2.85. The number of nitrogens with one attached hydrogen (secondary N) is 1. The number of furan rings is 1.